The molecule has 0 amide bonds. The highest BCUT2D eigenvalue weighted by Gasteiger charge is 2.35. The lowest BCUT2D eigenvalue weighted by Crippen LogP contribution is -2.29. The van der Waals surface area contributed by atoms with E-state index in [4.69, 9.17) is 25.8 Å². The highest BCUT2D eigenvalue weighted by atomic mass is 35.5. The number of halogens is 1. The van der Waals surface area contributed by atoms with Crippen LogP contribution in [0.4, 0.5) is 5.95 Å². The largest absolute Gasteiger partial charge is 0.493 e. The van der Waals surface area contributed by atoms with Gasteiger partial charge in [0.25, 0.3) is 0 Å². The van der Waals surface area contributed by atoms with E-state index in [0.717, 1.165) is 11.1 Å². The van der Waals surface area contributed by atoms with Gasteiger partial charge < -0.3 is 19.5 Å². The number of esters is 1. The number of anilines is 1. The Morgan fingerprint density at radius 3 is 2.78 bits per heavy atom. The number of tetrazole rings is 1. The maximum atomic E-state index is 12.8. The van der Waals surface area contributed by atoms with E-state index < -0.39 is 12.0 Å². The summed E-state index contributed by atoms with van der Waals surface area (Å²) in [5, 5.41) is 15.5. The summed E-state index contributed by atoms with van der Waals surface area (Å²) in [6.07, 6.45) is 0. The number of benzene rings is 2. The molecule has 1 aliphatic rings. The van der Waals surface area contributed by atoms with E-state index in [2.05, 4.69) is 20.8 Å². The third-order valence-electron chi connectivity index (χ3n) is 5.05. The molecule has 1 unspecified atom stereocenters. The zero-order valence-electron chi connectivity index (χ0n) is 17.8. The average molecular weight is 456 g/mol. The van der Waals surface area contributed by atoms with Gasteiger partial charge in [-0.3, -0.25) is 0 Å². The topological polar surface area (TPSA) is 100 Å². The molecule has 32 heavy (non-hydrogen) atoms. The van der Waals surface area contributed by atoms with Crippen LogP contribution in [-0.2, 0) is 16.1 Å². The van der Waals surface area contributed by atoms with E-state index in [1.54, 1.807) is 33.1 Å². The van der Waals surface area contributed by atoms with Crippen LogP contribution in [0.15, 0.2) is 53.7 Å². The predicted molar refractivity (Wildman–Crippen MR) is 118 cm³/mol. The minimum absolute atomic E-state index is 0.253. The van der Waals surface area contributed by atoms with Gasteiger partial charge in [0.1, 0.15) is 12.6 Å². The van der Waals surface area contributed by atoms with Gasteiger partial charge in [0, 0.05) is 16.3 Å². The number of hydrogen-bond acceptors (Lipinski definition) is 8. The number of fused-ring (bicyclic) bond motifs is 1. The number of nitrogens with one attached hydrogen (secondary N) is 1. The first-order valence-electron chi connectivity index (χ1n) is 10.00. The molecule has 2 aromatic carbocycles. The smallest absolute Gasteiger partial charge is 0.338 e. The van der Waals surface area contributed by atoms with Crippen LogP contribution in [0.5, 0.6) is 11.5 Å². The zero-order chi connectivity index (χ0) is 22.7. The minimum Gasteiger partial charge on any atom is -0.493 e. The monoisotopic (exact) mass is 455 g/mol. The molecule has 1 N–H and O–H groups in total. The summed E-state index contributed by atoms with van der Waals surface area (Å²) in [6, 6.07) is 12.3. The first-order chi connectivity index (χ1) is 15.5. The van der Waals surface area contributed by atoms with E-state index in [1.165, 1.54) is 4.68 Å². The summed E-state index contributed by atoms with van der Waals surface area (Å²) in [4.78, 5) is 12.8. The van der Waals surface area contributed by atoms with Crippen molar-refractivity contribution in [3.63, 3.8) is 0 Å². The molecular weight excluding hydrogens is 434 g/mol. The molecule has 0 saturated heterocycles. The molecule has 2 heterocycles. The third-order valence-corrected chi connectivity index (χ3v) is 5.42. The summed E-state index contributed by atoms with van der Waals surface area (Å²) in [5.41, 5.74) is 2.64. The van der Waals surface area contributed by atoms with Gasteiger partial charge in [0.2, 0.25) is 5.95 Å². The number of allylic oxidation sites excluding steroid dienone is 1. The Morgan fingerprint density at radius 2 is 2.03 bits per heavy atom. The molecule has 0 spiro atoms. The molecule has 166 valence electrons. The zero-order valence-corrected chi connectivity index (χ0v) is 18.6. The Bertz CT molecular complexity index is 1180. The average Bonchev–Trinajstić information content (AvgIpc) is 3.25. The molecule has 1 aromatic heterocycles. The van der Waals surface area contributed by atoms with Crippen molar-refractivity contribution in [1.82, 2.24) is 20.2 Å². The summed E-state index contributed by atoms with van der Waals surface area (Å²) in [5.74, 6) is 1.03. The van der Waals surface area contributed by atoms with Crippen LogP contribution in [0.3, 0.4) is 0 Å². The maximum Gasteiger partial charge on any atom is 0.338 e. The van der Waals surface area contributed by atoms with Crippen LogP contribution in [-0.4, -0.2) is 39.9 Å². The highest BCUT2D eigenvalue weighted by Crippen LogP contribution is 2.39. The van der Waals surface area contributed by atoms with Gasteiger partial charge in [-0.25, -0.2) is 4.79 Å². The number of carbonyl (C=O) groups excluding carboxylic acids is 1. The summed E-state index contributed by atoms with van der Waals surface area (Å²) < 4.78 is 18.3. The van der Waals surface area contributed by atoms with Crippen LogP contribution in [0.2, 0.25) is 5.02 Å². The lowest BCUT2D eigenvalue weighted by atomic mass is 9.95. The van der Waals surface area contributed by atoms with E-state index >= 15 is 0 Å². The molecule has 1 atom stereocenters. The Labute approximate surface area is 189 Å². The standard InChI is InChI=1S/C22H22ClN5O4/c1-4-31-21(29)19-13(2)24-22-25-26-27-28(22)20(19)14-9-10-17(18(11-14)30-3)32-12-15-7-5-6-8-16(15)23/h5-11,20H,4,12H2,1-3H3,(H,24,25,27). The lowest BCUT2D eigenvalue weighted by Gasteiger charge is -2.27. The van der Waals surface area contributed by atoms with Crippen LogP contribution in [0.1, 0.15) is 31.0 Å². The van der Waals surface area contributed by atoms with Gasteiger partial charge in [-0.2, -0.15) is 4.68 Å². The molecule has 0 aliphatic carbocycles. The first-order valence-corrected chi connectivity index (χ1v) is 10.4. The quantitative estimate of drug-likeness (QED) is 0.537. The van der Waals surface area contributed by atoms with E-state index in [-0.39, 0.29) is 13.2 Å². The van der Waals surface area contributed by atoms with Crippen LogP contribution in [0.25, 0.3) is 0 Å². The van der Waals surface area contributed by atoms with Crippen LogP contribution >= 0.6 is 11.6 Å². The summed E-state index contributed by atoms with van der Waals surface area (Å²) in [7, 11) is 1.56. The third kappa shape index (κ3) is 4.11. The van der Waals surface area contributed by atoms with Crippen molar-refractivity contribution in [2.75, 3.05) is 19.0 Å². The van der Waals surface area contributed by atoms with Gasteiger partial charge in [0.05, 0.1) is 19.3 Å². The van der Waals surface area contributed by atoms with Crippen molar-refractivity contribution in [3.05, 3.63) is 69.9 Å². The predicted octanol–water partition coefficient (Wildman–Crippen LogP) is 3.77. The SMILES string of the molecule is CCOC(=O)C1=C(C)Nc2nnnn2C1c1ccc(OCc2ccccc2Cl)c(OC)c1. The summed E-state index contributed by atoms with van der Waals surface area (Å²) in [6.45, 7) is 4.08. The fourth-order valence-corrected chi connectivity index (χ4v) is 3.73. The van der Waals surface area contributed by atoms with Crippen molar-refractivity contribution in [2.24, 2.45) is 0 Å². The first kappa shape index (κ1) is 21.6. The molecule has 0 fully saturated rings. The number of ether oxygens (including phenoxy) is 3. The van der Waals surface area contributed by atoms with Gasteiger partial charge in [-0.05, 0) is 48.0 Å². The lowest BCUT2D eigenvalue weighted by molar-refractivity contribution is -0.139. The van der Waals surface area contributed by atoms with Crippen molar-refractivity contribution < 1.29 is 19.0 Å². The van der Waals surface area contributed by atoms with Gasteiger partial charge in [-0.1, -0.05) is 41.0 Å². The number of rotatable bonds is 7. The van der Waals surface area contributed by atoms with Crippen molar-refractivity contribution in [1.29, 1.82) is 0 Å². The molecule has 0 bridgehead atoms. The number of aromatic nitrogens is 4. The maximum absolute atomic E-state index is 12.8. The fraction of sp³-hybridized carbons (Fsp3) is 0.273. The van der Waals surface area contributed by atoms with Gasteiger partial charge in [-0.15, -0.1) is 0 Å². The molecule has 4 rings (SSSR count). The van der Waals surface area contributed by atoms with Crippen molar-refractivity contribution >= 4 is 23.5 Å². The highest BCUT2D eigenvalue weighted by molar-refractivity contribution is 6.31. The summed E-state index contributed by atoms with van der Waals surface area (Å²) >= 11 is 6.23. The van der Waals surface area contributed by atoms with E-state index in [1.807, 2.05) is 30.3 Å². The van der Waals surface area contributed by atoms with Gasteiger partial charge in [0.15, 0.2) is 11.5 Å². The molecule has 3 aromatic rings. The Hall–Kier alpha value is -3.59. The second kappa shape index (κ2) is 9.27. The van der Waals surface area contributed by atoms with Crippen molar-refractivity contribution in [3.8, 4) is 11.5 Å². The van der Waals surface area contributed by atoms with Gasteiger partial charge >= 0.3 is 5.97 Å². The molecule has 0 saturated carbocycles. The Morgan fingerprint density at radius 1 is 1.22 bits per heavy atom. The molecule has 9 nitrogen and oxygen atoms in total. The fourth-order valence-electron chi connectivity index (χ4n) is 3.54. The normalized spacial score (nSPS) is 15.1. The Balaban J connectivity index is 1.69. The second-order valence-corrected chi connectivity index (χ2v) is 7.43. The Kier molecular flexibility index (Phi) is 6.27. The molecule has 0 radical (unpaired) electrons. The number of methoxy groups -OCH3 is 1. The number of hydrogen-bond donors (Lipinski definition) is 1. The van der Waals surface area contributed by atoms with E-state index in [9.17, 15) is 4.79 Å². The van der Waals surface area contributed by atoms with Crippen LogP contribution < -0.4 is 14.8 Å². The van der Waals surface area contributed by atoms with Crippen molar-refractivity contribution in [2.45, 2.75) is 26.5 Å². The minimum atomic E-state index is -0.591. The second-order valence-electron chi connectivity index (χ2n) is 7.02. The number of nitrogens with zero attached hydrogens (tertiary/aromatic N) is 4. The van der Waals surface area contributed by atoms with E-state index in [0.29, 0.717) is 33.7 Å². The van der Waals surface area contributed by atoms with Crippen LogP contribution in [0, 0.1) is 0 Å². The molecule has 10 heteroatoms. The molecular formula is C22H22ClN5O4. The number of carbonyl (C=O) groups is 1. The molecule has 1 aliphatic heterocycles.